The summed E-state index contributed by atoms with van der Waals surface area (Å²) in [4.78, 5) is 10.7. The first-order valence-electron chi connectivity index (χ1n) is 7.55. The summed E-state index contributed by atoms with van der Waals surface area (Å²) in [5, 5.41) is 18.3. The molecule has 1 aromatic carbocycles. The molecule has 0 heterocycles. The van der Waals surface area contributed by atoms with E-state index >= 15 is 0 Å². The van der Waals surface area contributed by atoms with Crippen molar-refractivity contribution in [1.29, 1.82) is 0 Å². The standard InChI is InChI=1S/C15H23N3O2S/c1-3-16-11-8-12(10-13(9-11)18(19)20)17-14-6-5-7-15(14)21-4-2/h8-10,14-17H,3-7H2,1-2H3. The average molecular weight is 309 g/mol. The van der Waals surface area contributed by atoms with E-state index in [1.807, 2.05) is 24.8 Å². The van der Waals surface area contributed by atoms with Gasteiger partial charge in [-0.2, -0.15) is 11.8 Å². The molecule has 6 heteroatoms. The van der Waals surface area contributed by atoms with Crippen LogP contribution in [0.4, 0.5) is 17.1 Å². The maximum atomic E-state index is 11.1. The average Bonchev–Trinajstić information content (AvgIpc) is 2.86. The fourth-order valence-electron chi connectivity index (χ4n) is 2.82. The Labute approximate surface area is 130 Å². The summed E-state index contributed by atoms with van der Waals surface area (Å²) < 4.78 is 0. The molecule has 1 saturated carbocycles. The minimum absolute atomic E-state index is 0.133. The van der Waals surface area contributed by atoms with Crippen molar-refractivity contribution >= 4 is 28.8 Å². The minimum Gasteiger partial charge on any atom is -0.385 e. The molecule has 1 aliphatic rings. The maximum Gasteiger partial charge on any atom is 0.273 e. The van der Waals surface area contributed by atoms with Gasteiger partial charge < -0.3 is 10.6 Å². The van der Waals surface area contributed by atoms with Gasteiger partial charge in [-0.1, -0.05) is 13.3 Å². The second-order valence-corrected chi connectivity index (χ2v) is 6.75. The van der Waals surface area contributed by atoms with Crippen LogP contribution in [-0.4, -0.2) is 28.5 Å². The second kappa shape index (κ2) is 7.54. The van der Waals surface area contributed by atoms with Crippen molar-refractivity contribution < 1.29 is 4.92 Å². The minimum atomic E-state index is -0.334. The number of nitro benzene ring substituents is 1. The molecule has 0 saturated heterocycles. The highest BCUT2D eigenvalue weighted by molar-refractivity contribution is 7.99. The molecular weight excluding hydrogens is 286 g/mol. The lowest BCUT2D eigenvalue weighted by atomic mass is 10.2. The van der Waals surface area contributed by atoms with Crippen LogP contribution in [-0.2, 0) is 0 Å². The van der Waals surface area contributed by atoms with Crippen molar-refractivity contribution in [1.82, 2.24) is 0 Å². The lowest BCUT2D eigenvalue weighted by Gasteiger charge is -2.21. The summed E-state index contributed by atoms with van der Waals surface area (Å²) in [7, 11) is 0. The van der Waals surface area contributed by atoms with Crippen molar-refractivity contribution in [2.75, 3.05) is 22.9 Å². The van der Waals surface area contributed by atoms with Gasteiger partial charge in [0.1, 0.15) is 0 Å². The highest BCUT2D eigenvalue weighted by Gasteiger charge is 2.27. The van der Waals surface area contributed by atoms with Gasteiger partial charge in [-0.25, -0.2) is 0 Å². The highest BCUT2D eigenvalue weighted by atomic mass is 32.2. The lowest BCUT2D eigenvalue weighted by molar-refractivity contribution is -0.384. The second-order valence-electron chi connectivity index (χ2n) is 5.23. The molecule has 116 valence electrons. The molecule has 1 fully saturated rings. The Morgan fingerprint density at radius 2 is 2.05 bits per heavy atom. The van der Waals surface area contributed by atoms with E-state index in [1.165, 1.54) is 12.8 Å². The molecule has 2 rings (SSSR count). The van der Waals surface area contributed by atoms with Gasteiger partial charge in [0, 0.05) is 41.3 Å². The number of anilines is 2. The van der Waals surface area contributed by atoms with E-state index in [0.29, 0.717) is 11.3 Å². The first-order chi connectivity index (χ1) is 10.1. The van der Waals surface area contributed by atoms with E-state index in [1.54, 1.807) is 12.1 Å². The van der Waals surface area contributed by atoms with E-state index in [0.717, 1.165) is 30.1 Å². The zero-order chi connectivity index (χ0) is 15.2. The number of nitrogens with one attached hydrogen (secondary N) is 2. The van der Waals surface area contributed by atoms with Crippen molar-refractivity contribution in [3.8, 4) is 0 Å². The smallest absolute Gasteiger partial charge is 0.273 e. The van der Waals surface area contributed by atoms with Gasteiger partial charge in [0.25, 0.3) is 5.69 Å². The summed E-state index contributed by atoms with van der Waals surface area (Å²) in [6.07, 6.45) is 3.59. The molecule has 0 aliphatic heterocycles. The Kier molecular flexibility index (Phi) is 5.73. The van der Waals surface area contributed by atoms with Gasteiger partial charge in [0.15, 0.2) is 0 Å². The predicted octanol–water partition coefficient (Wildman–Crippen LogP) is 4.11. The van der Waals surface area contributed by atoms with Crippen LogP contribution in [0.5, 0.6) is 0 Å². The molecular formula is C15H23N3O2S. The number of benzene rings is 1. The molecule has 2 N–H and O–H groups in total. The molecule has 0 spiro atoms. The molecule has 0 aromatic heterocycles. The molecule has 1 aliphatic carbocycles. The fraction of sp³-hybridized carbons (Fsp3) is 0.600. The molecule has 2 atom stereocenters. The van der Waals surface area contributed by atoms with Crippen LogP contribution in [0.15, 0.2) is 18.2 Å². The van der Waals surface area contributed by atoms with Crippen molar-refractivity contribution in [2.24, 2.45) is 0 Å². The Morgan fingerprint density at radius 1 is 1.29 bits per heavy atom. The zero-order valence-electron chi connectivity index (χ0n) is 12.6. The van der Waals surface area contributed by atoms with E-state index in [-0.39, 0.29) is 10.6 Å². The highest BCUT2D eigenvalue weighted by Crippen LogP contribution is 2.33. The van der Waals surface area contributed by atoms with Crippen LogP contribution in [0.1, 0.15) is 33.1 Å². The normalized spacial score (nSPS) is 21.2. The SMILES string of the molecule is CCNc1cc(NC2CCCC2SCC)cc([N+](=O)[O-])c1. The summed E-state index contributed by atoms with van der Waals surface area (Å²) >= 11 is 1.98. The van der Waals surface area contributed by atoms with Crippen LogP contribution in [0.25, 0.3) is 0 Å². The fourth-order valence-corrected chi connectivity index (χ4v) is 4.02. The summed E-state index contributed by atoms with van der Waals surface area (Å²) in [5.41, 5.74) is 1.77. The van der Waals surface area contributed by atoms with Crippen LogP contribution >= 0.6 is 11.8 Å². The van der Waals surface area contributed by atoms with E-state index in [9.17, 15) is 10.1 Å². The van der Waals surface area contributed by atoms with E-state index in [4.69, 9.17) is 0 Å². The van der Waals surface area contributed by atoms with Gasteiger partial charge >= 0.3 is 0 Å². The Morgan fingerprint density at radius 3 is 2.71 bits per heavy atom. The summed E-state index contributed by atoms with van der Waals surface area (Å²) in [5.74, 6) is 1.11. The molecule has 5 nitrogen and oxygen atoms in total. The van der Waals surface area contributed by atoms with Crippen LogP contribution in [0, 0.1) is 10.1 Å². The maximum absolute atomic E-state index is 11.1. The third kappa shape index (κ3) is 4.27. The topological polar surface area (TPSA) is 67.2 Å². The van der Waals surface area contributed by atoms with Crippen LogP contribution in [0.3, 0.4) is 0 Å². The molecule has 21 heavy (non-hydrogen) atoms. The Bertz CT molecular complexity index is 496. The number of nitro groups is 1. The number of nitrogens with zero attached hydrogens (tertiary/aromatic N) is 1. The lowest BCUT2D eigenvalue weighted by Crippen LogP contribution is -2.26. The third-order valence-corrected chi connectivity index (χ3v) is 5.02. The number of non-ortho nitro benzene ring substituents is 1. The predicted molar refractivity (Wildman–Crippen MR) is 90.4 cm³/mol. The summed E-state index contributed by atoms with van der Waals surface area (Å²) in [6.45, 7) is 4.91. The molecule has 1 aromatic rings. The van der Waals surface area contributed by atoms with Gasteiger partial charge in [0.2, 0.25) is 0 Å². The molecule has 2 unspecified atom stereocenters. The van der Waals surface area contributed by atoms with Gasteiger partial charge in [-0.05, 0) is 31.6 Å². The number of thioether (sulfide) groups is 1. The monoisotopic (exact) mass is 309 g/mol. The first kappa shape index (κ1) is 15.9. The first-order valence-corrected chi connectivity index (χ1v) is 8.60. The largest absolute Gasteiger partial charge is 0.385 e. The quantitative estimate of drug-likeness (QED) is 0.586. The molecule has 0 radical (unpaired) electrons. The Balaban J connectivity index is 2.16. The molecule has 0 bridgehead atoms. The van der Waals surface area contributed by atoms with Gasteiger partial charge in [-0.3, -0.25) is 10.1 Å². The van der Waals surface area contributed by atoms with E-state index < -0.39 is 0 Å². The van der Waals surface area contributed by atoms with Crippen molar-refractivity contribution in [3.63, 3.8) is 0 Å². The van der Waals surface area contributed by atoms with Crippen molar-refractivity contribution in [2.45, 2.75) is 44.4 Å². The number of hydrogen-bond donors (Lipinski definition) is 2. The van der Waals surface area contributed by atoms with E-state index in [2.05, 4.69) is 17.6 Å². The zero-order valence-corrected chi connectivity index (χ0v) is 13.4. The van der Waals surface area contributed by atoms with Crippen molar-refractivity contribution in [3.05, 3.63) is 28.3 Å². The number of rotatable bonds is 7. The van der Waals surface area contributed by atoms with Gasteiger partial charge in [-0.15, -0.1) is 0 Å². The van der Waals surface area contributed by atoms with Crippen LogP contribution < -0.4 is 10.6 Å². The Hall–Kier alpha value is -1.43. The van der Waals surface area contributed by atoms with Crippen LogP contribution in [0.2, 0.25) is 0 Å². The third-order valence-electron chi connectivity index (χ3n) is 3.69. The van der Waals surface area contributed by atoms with Gasteiger partial charge in [0.05, 0.1) is 4.92 Å². The summed E-state index contributed by atoms with van der Waals surface area (Å²) in [6, 6.07) is 5.59. The molecule has 0 amide bonds. The number of hydrogen-bond acceptors (Lipinski definition) is 5.